The molecule has 0 aliphatic rings. The van der Waals surface area contributed by atoms with Gasteiger partial charge in [0.1, 0.15) is 0 Å². The first-order valence-corrected chi connectivity index (χ1v) is 4.52. The van der Waals surface area contributed by atoms with Crippen molar-refractivity contribution in [2.24, 2.45) is 0 Å². The van der Waals surface area contributed by atoms with E-state index in [9.17, 15) is 13.2 Å². The van der Waals surface area contributed by atoms with Gasteiger partial charge in [-0.05, 0) is 0 Å². The summed E-state index contributed by atoms with van der Waals surface area (Å²) in [6, 6.07) is 0. The van der Waals surface area contributed by atoms with Crippen molar-refractivity contribution in [1.82, 2.24) is 9.97 Å². The standard InChI is InChI=1S/C8H9ClF3N3/c1-15(5-2-8(10,11)12)7-6(9)13-3-4-14-7/h3-4H,2,5H2,1H3. The number of aromatic nitrogens is 2. The van der Waals surface area contributed by atoms with Crippen LogP contribution in [0.4, 0.5) is 19.0 Å². The van der Waals surface area contributed by atoms with Crippen LogP contribution in [0.3, 0.4) is 0 Å². The molecule has 0 atom stereocenters. The third kappa shape index (κ3) is 3.91. The van der Waals surface area contributed by atoms with Gasteiger partial charge in [-0.3, -0.25) is 0 Å². The van der Waals surface area contributed by atoms with Crippen LogP contribution in [0.15, 0.2) is 12.4 Å². The maximum Gasteiger partial charge on any atom is 0.390 e. The minimum atomic E-state index is -4.18. The predicted molar refractivity (Wildman–Crippen MR) is 51.0 cm³/mol. The second-order valence-corrected chi connectivity index (χ2v) is 3.32. The number of hydrogen-bond acceptors (Lipinski definition) is 3. The number of nitrogens with zero attached hydrogens (tertiary/aromatic N) is 3. The van der Waals surface area contributed by atoms with Crippen molar-refractivity contribution in [3.8, 4) is 0 Å². The molecule has 15 heavy (non-hydrogen) atoms. The molecule has 0 aliphatic heterocycles. The quantitative estimate of drug-likeness (QED) is 0.812. The molecule has 0 unspecified atom stereocenters. The molecule has 0 spiro atoms. The second-order valence-electron chi connectivity index (χ2n) is 2.96. The normalized spacial score (nSPS) is 11.5. The Morgan fingerprint density at radius 3 is 2.47 bits per heavy atom. The lowest BCUT2D eigenvalue weighted by Crippen LogP contribution is -2.25. The highest BCUT2D eigenvalue weighted by atomic mass is 35.5. The average molecular weight is 240 g/mol. The Kier molecular flexibility index (Phi) is 3.73. The third-order valence-electron chi connectivity index (χ3n) is 1.73. The van der Waals surface area contributed by atoms with E-state index >= 15 is 0 Å². The molecule has 84 valence electrons. The molecule has 7 heteroatoms. The number of hydrogen-bond donors (Lipinski definition) is 0. The topological polar surface area (TPSA) is 29.0 Å². The maximum absolute atomic E-state index is 11.9. The largest absolute Gasteiger partial charge is 0.390 e. The van der Waals surface area contributed by atoms with Crippen LogP contribution in [0.5, 0.6) is 0 Å². The van der Waals surface area contributed by atoms with Gasteiger partial charge in [-0.15, -0.1) is 0 Å². The predicted octanol–water partition coefficient (Wildman–Crippen LogP) is 2.52. The summed E-state index contributed by atoms with van der Waals surface area (Å²) in [5.74, 6) is 0.253. The lowest BCUT2D eigenvalue weighted by atomic mass is 10.4. The molecule has 0 aliphatic carbocycles. The Morgan fingerprint density at radius 1 is 1.33 bits per heavy atom. The van der Waals surface area contributed by atoms with Crippen LogP contribution >= 0.6 is 11.6 Å². The van der Waals surface area contributed by atoms with Crippen molar-refractivity contribution < 1.29 is 13.2 Å². The van der Waals surface area contributed by atoms with Crippen molar-refractivity contribution in [2.75, 3.05) is 18.5 Å². The number of anilines is 1. The molecule has 1 heterocycles. The Labute approximate surface area is 89.9 Å². The van der Waals surface area contributed by atoms with Gasteiger partial charge < -0.3 is 4.90 Å². The van der Waals surface area contributed by atoms with Crippen LogP contribution in [0.25, 0.3) is 0 Å². The molecule has 0 aromatic carbocycles. The van der Waals surface area contributed by atoms with Crippen molar-refractivity contribution >= 4 is 17.4 Å². The fourth-order valence-corrected chi connectivity index (χ4v) is 1.22. The minimum Gasteiger partial charge on any atom is -0.357 e. The van der Waals surface area contributed by atoms with Crippen molar-refractivity contribution in [1.29, 1.82) is 0 Å². The van der Waals surface area contributed by atoms with Crippen LogP contribution in [-0.4, -0.2) is 29.7 Å². The lowest BCUT2D eigenvalue weighted by Gasteiger charge is -2.19. The van der Waals surface area contributed by atoms with Gasteiger partial charge >= 0.3 is 6.18 Å². The average Bonchev–Trinajstić information content (AvgIpc) is 2.14. The molecule has 0 radical (unpaired) electrons. The summed E-state index contributed by atoms with van der Waals surface area (Å²) in [5, 5.41) is 0.0992. The van der Waals surface area contributed by atoms with Crippen molar-refractivity contribution in [3.63, 3.8) is 0 Å². The fraction of sp³-hybridized carbons (Fsp3) is 0.500. The first kappa shape index (κ1) is 12.0. The molecule has 0 bridgehead atoms. The lowest BCUT2D eigenvalue weighted by molar-refractivity contribution is -0.132. The molecular weight excluding hydrogens is 231 g/mol. The highest BCUT2D eigenvalue weighted by Crippen LogP contribution is 2.23. The van der Waals surface area contributed by atoms with Crippen LogP contribution in [-0.2, 0) is 0 Å². The van der Waals surface area contributed by atoms with E-state index in [1.807, 2.05) is 0 Å². The molecule has 0 saturated carbocycles. The summed E-state index contributed by atoms with van der Waals surface area (Å²) in [7, 11) is 1.49. The van der Waals surface area contributed by atoms with E-state index in [2.05, 4.69) is 9.97 Å². The van der Waals surface area contributed by atoms with Crippen molar-refractivity contribution in [3.05, 3.63) is 17.5 Å². The van der Waals surface area contributed by atoms with Gasteiger partial charge in [-0.25, -0.2) is 9.97 Å². The van der Waals surface area contributed by atoms with Crippen molar-refractivity contribution in [2.45, 2.75) is 12.6 Å². The summed E-state index contributed by atoms with van der Waals surface area (Å²) in [5.41, 5.74) is 0. The van der Waals surface area contributed by atoms with E-state index in [0.29, 0.717) is 0 Å². The Balaban J connectivity index is 2.62. The minimum absolute atomic E-state index is 0.0992. The first-order valence-electron chi connectivity index (χ1n) is 4.14. The van der Waals surface area contributed by atoms with Crippen LogP contribution in [0.2, 0.25) is 5.15 Å². The molecule has 1 aromatic heterocycles. The summed E-state index contributed by atoms with van der Waals surface area (Å²) < 4.78 is 35.8. The van der Waals surface area contributed by atoms with Gasteiger partial charge in [0.15, 0.2) is 11.0 Å². The van der Waals surface area contributed by atoms with Crippen LogP contribution in [0.1, 0.15) is 6.42 Å². The van der Waals surface area contributed by atoms with E-state index in [0.717, 1.165) is 0 Å². The Hall–Kier alpha value is -1.04. The van der Waals surface area contributed by atoms with E-state index in [1.165, 1.54) is 24.3 Å². The van der Waals surface area contributed by atoms with Gasteiger partial charge in [0.05, 0.1) is 6.42 Å². The monoisotopic (exact) mass is 239 g/mol. The van der Waals surface area contributed by atoms with Crippen LogP contribution < -0.4 is 4.90 Å². The zero-order valence-electron chi connectivity index (χ0n) is 7.92. The highest BCUT2D eigenvalue weighted by molar-refractivity contribution is 6.31. The smallest absolute Gasteiger partial charge is 0.357 e. The van der Waals surface area contributed by atoms with Gasteiger partial charge in [-0.1, -0.05) is 11.6 Å². The SMILES string of the molecule is CN(CCC(F)(F)F)c1nccnc1Cl. The number of alkyl halides is 3. The Bertz CT molecular complexity index is 329. The highest BCUT2D eigenvalue weighted by Gasteiger charge is 2.27. The van der Waals surface area contributed by atoms with Gasteiger partial charge in [0.2, 0.25) is 0 Å². The molecular formula is C8H9ClF3N3. The summed E-state index contributed by atoms with van der Waals surface area (Å²) in [6.07, 6.45) is -2.33. The third-order valence-corrected chi connectivity index (χ3v) is 1.99. The summed E-state index contributed by atoms with van der Waals surface area (Å²) in [4.78, 5) is 8.89. The fourth-order valence-electron chi connectivity index (χ4n) is 0.970. The molecule has 0 amide bonds. The molecule has 0 N–H and O–H groups in total. The summed E-state index contributed by atoms with van der Waals surface area (Å²) >= 11 is 5.67. The zero-order valence-corrected chi connectivity index (χ0v) is 8.68. The van der Waals surface area contributed by atoms with E-state index in [-0.39, 0.29) is 17.5 Å². The van der Waals surface area contributed by atoms with E-state index < -0.39 is 12.6 Å². The molecule has 0 saturated heterocycles. The van der Waals surface area contributed by atoms with Gasteiger partial charge in [0, 0.05) is 26.0 Å². The number of rotatable bonds is 3. The zero-order chi connectivity index (χ0) is 11.5. The first-order chi connectivity index (χ1) is 6.90. The molecule has 0 fully saturated rings. The van der Waals surface area contributed by atoms with Gasteiger partial charge in [-0.2, -0.15) is 13.2 Å². The second kappa shape index (κ2) is 4.65. The molecule has 3 nitrogen and oxygen atoms in total. The van der Waals surface area contributed by atoms with Gasteiger partial charge in [0.25, 0.3) is 0 Å². The summed E-state index contributed by atoms with van der Waals surface area (Å²) in [6.45, 7) is -0.193. The number of halogens is 4. The molecule has 1 aromatic rings. The maximum atomic E-state index is 11.9. The van der Waals surface area contributed by atoms with E-state index in [1.54, 1.807) is 0 Å². The molecule has 1 rings (SSSR count). The van der Waals surface area contributed by atoms with Crippen LogP contribution in [0, 0.1) is 0 Å². The van der Waals surface area contributed by atoms with E-state index in [4.69, 9.17) is 11.6 Å². The Morgan fingerprint density at radius 2 is 1.93 bits per heavy atom.